The molecule has 0 saturated heterocycles. The van der Waals surface area contributed by atoms with E-state index in [4.69, 9.17) is 15.2 Å². The maximum absolute atomic E-state index is 5.79. The van der Waals surface area contributed by atoms with Crippen LogP contribution in [0.1, 0.15) is 32.6 Å². The number of hydrogen-bond acceptors (Lipinski definition) is 4. The Bertz CT molecular complexity index is 329. The molecule has 2 N–H and O–H groups in total. The standard InChI is InChI=1S/C15H25NO2S/c1-2-10-17-14-6-8-15(9-7-14)18-11-4-3-5-13(16)12-19/h6-9,13,19H,2-5,10-12,16H2,1H3/t13-/m1/s1. The summed E-state index contributed by atoms with van der Waals surface area (Å²) in [6.45, 7) is 3.58. The lowest BCUT2D eigenvalue weighted by atomic mass is 10.1. The third kappa shape index (κ3) is 7.33. The summed E-state index contributed by atoms with van der Waals surface area (Å²) in [5.74, 6) is 2.54. The lowest BCUT2D eigenvalue weighted by molar-refractivity contribution is 0.300. The van der Waals surface area contributed by atoms with Gasteiger partial charge >= 0.3 is 0 Å². The van der Waals surface area contributed by atoms with Gasteiger partial charge in [0.1, 0.15) is 11.5 Å². The molecule has 0 aromatic heterocycles. The van der Waals surface area contributed by atoms with Gasteiger partial charge in [0.05, 0.1) is 13.2 Å². The van der Waals surface area contributed by atoms with Crippen LogP contribution in [0.3, 0.4) is 0 Å². The minimum atomic E-state index is 0.207. The molecule has 0 saturated carbocycles. The quantitative estimate of drug-likeness (QED) is 0.511. The molecule has 0 aliphatic rings. The molecule has 0 amide bonds. The second kappa shape index (κ2) is 9.98. The van der Waals surface area contributed by atoms with Crippen molar-refractivity contribution >= 4 is 12.6 Å². The number of ether oxygens (including phenoxy) is 2. The average Bonchev–Trinajstić information content (AvgIpc) is 2.45. The minimum absolute atomic E-state index is 0.207. The maximum Gasteiger partial charge on any atom is 0.119 e. The molecule has 0 fully saturated rings. The molecule has 1 aromatic carbocycles. The lowest BCUT2D eigenvalue weighted by Crippen LogP contribution is -2.21. The molecule has 0 aliphatic carbocycles. The van der Waals surface area contributed by atoms with Crippen LogP contribution in [-0.2, 0) is 0 Å². The van der Waals surface area contributed by atoms with E-state index >= 15 is 0 Å². The number of nitrogens with two attached hydrogens (primary N) is 1. The summed E-state index contributed by atoms with van der Waals surface area (Å²) in [5.41, 5.74) is 5.79. The second-order valence-electron chi connectivity index (χ2n) is 4.61. The van der Waals surface area contributed by atoms with Crippen LogP contribution >= 0.6 is 12.6 Å². The molecule has 0 bridgehead atoms. The molecule has 0 spiro atoms. The number of rotatable bonds is 10. The van der Waals surface area contributed by atoms with Crippen LogP contribution in [0, 0.1) is 0 Å². The summed E-state index contributed by atoms with van der Waals surface area (Å²) in [6, 6.07) is 8.00. The van der Waals surface area contributed by atoms with E-state index < -0.39 is 0 Å². The van der Waals surface area contributed by atoms with E-state index in [2.05, 4.69) is 19.6 Å². The summed E-state index contributed by atoms with van der Waals surface area (Å²) < 4.78 is 11.2. The van der Waals surface area contributed by atoms with Gasteiger partial charge in [-0.25, -0.2) is 0 Å². The predicted octanol–water partition coefficient (Wildman–Crippen LogP) is 3.28. The van der Waals surface area contributed by atoms with Crippen LogP contribution in [-0.4, -0.2) is 25.0 Å². The van der Waals surface area contributed by atoms with Crippen LogP contribution in [0.4, 0.5) is 0 Å². The first-order valence-electron chi connectivity index (χ1n) is 6.98. The van der Waals surface area contributed by atoms with Crippen LogP contribution in [0.25, 0.3) is 0 Å². The molecular formula is C15H25NO2S. The zero-order valence-corrected chi connectivity index (χ0v) is 12.6. The zero-order valence-electron chi connectivity index (χ0n) is 11.7. The molecule has 19 heavy (non-hydrogen) atoms. The molecule has 0 unspecified atom stereocenters. The normalized spacial score (nSPS) is 12.2. The van der Waals surface area contributed by atoms with E-state index in [0.717, 1.165) is 56.1 Å². The molecule has 4 heteroatoms. The average molecular weight is 283 g/mol. The van der Waals surface area contributed by atoms with E-state index in [9.17, 15) is 0 Å². The molecule has 1 aromatic rings. The van der Waals surface area contributed by atoms with Crippen molar-refractivity contribution in [2.24, 2.45) is 5.73 Å². The van der Waals surface area contributed by atoms with Crippen molar-refractivity contribution in [2.45, 2.75) is 38.6 Å². The third-order valence-corrected chi connectivity index (χ3v) is 3.24. The Morgan fingerprint density at radius 1 is 1.05 bits per heavy atom. The SMILES string of the molecule is CCCOc1ccc(OCCCC[C@@H](N)CS)cc1. The lowest BCUT2D eigenvalue weighted by Gasteiger charge is -2.09. The van der Waals surface area contributed by atoms with Gasteiger partial charge in [0.15, 0.2) is 0 Å². The Labute approximate surface area is 121 Å². The largest absolute Gasteiger partial charge is 0.494 e. The zero-order chi connectivity index (χ0) is 13.9. The first-order chi connectivity index (χ1) is 9.26. The highest BCUT2D eigenvalue weighted by atomic mass is 32.1. The van der Waals surface area contributed by atoms with Gasteiger partial charge in [-0.05, 0) is 49.9 Å². The summed E-state index contributed by atoms with van der Waals surface area (Å²) >= 11 is 4.16. The number of unbranched alkanes of at least 4 members (excludes halogenated alkanes) is 1. The maximum atomic E-state index is 5.79. The van der Waals surface area contributed by atoms with Gasteiger partial charge in [-0.3, -0.25) is 0 Å². The van der Waals surface area contributed by atoms with Crippen molar-refractivity contribution < 1.29 is 9.47 Å². The van der Waals surface area contributed by atoms with E-state index in [1.165, 1.54) is 0 Å². The molecular weight excluding hydrogens is 258 g/mol. The number of hydrogen-bond donors (Lipinski definition) is 2. The fraction of sp³-hybridized carbons (Fsp3) is 0.600. The third-order valence-electron chi connectivity index (χ3n) is 2.77. The van der Waals surface area contributed by atoms with Gasteiger partial charge in [0.25, 0.3) is 0 Å². The molecule has 0 heterocycles. The highest BCUT2D eigenvalue weighted by Crippen LogP contribution is 2.18. The second-order valence-corrected chi connectivity index (χ2v) is 4.97. The summed E-state index contributed by atoms with van der Waals surface area (Å²) in [5, 5.41) is 0. The Morgan fingerprint density at radius 3 is 2.16 bits per heavy atom. The molecule has 0 aliphatic heterocycles. The molecule has 108 valence electrons. The van der Waals surface area contributed by atoms with Gasteiger partial charge in [-0.15, -0.1) is 0 Å². The summed E-state index contributed by atoms with van der Waals surface area (Å²) in [4.78, 5) is 0. The van der Waals surface area contributed by atoms with Crippen LogP contribution < -0.4 is 15.2 Å². The first-order valence-corrected chi connectivity index (χ1v) is 7.61. The van der Waals surface area contributed by atoms with Crippen molar-refractivity contribution in [2.75, 3.05) is 19.0 Å². The van der Waals surface area contributed by atoms with Crippen molar-refractivity contribution in [3.63, 3.8) is 0 Å². The Hall–Kier alpha value is -0.870. The number of benzene rings is 1. The first kappa shape index (κ1) is 16.2. The van der Waals surface area contributed by atoms with Crippen LogP contribution in [0.15, 0.2) is 24.3 Å². The molecule has 1 atom stereocenters. The highest BCUT2D eigenvalue weighted by molar-refractivity contribution is 7.80. The highest BCUT2D eigenvalue weighted by Gasteiger charge is 2.00. The van der Waals surface area contributed by atoms with Crippen molar-refractivity contribution in [3.05, 3.63) is 24.3 Å². The van der Waals surface area contributed by atoms with Crippen molar-refractivity contribution in [1.82, 2.24) is 0 Å². The van der Waals surface area contributed by atoms with Gasteiger partial charge in [0.2, 0.25) is 0 Å². The summed E-state index contributed by atoms with van der Waals surface area (Å²) in [6.07, 6.45) is 4.14. The fourth-order valence-electron chi connectivity index (χ4n) is 1.64. The fourth-order valence-corrected chi connectivity index (χ4v) is 1.82. The Kier molecular flexibility index (Phi) is 8.50. The van der Waals surface area contributed by atoms with Gasteiger partial charge in [0, 0.05) is 11.8 Å². The number of thiol groups is 1. The van der Waals surface area contributed by atoms with E-state index in [1.807, 2.05) is 24.3 Å². The van der Waals surface area contributed by atoms with Gasteiger partial charge in [-0.1, -0.05) is 6.92 Å². The van der Waals surface area contributed by atoms with Gasteiger partial charge in [-0.2, -0.15) is 12.6 Å². The topological polar surface area (TPSA) is 44.5 Å². The van der Waals surface area contributed by atoms with Crippen LogP contribution in [0.5, 0.6) is 11.5 Å². The molecule has 3 nitrogen and oxygen atoms in total. The van der Waals surface area contributed by atoms with Crippen LogP contribution in [0.2, 0.25) is 0 Å². The summed E-state index contributed by atoms with van der Waals surface area (Å²) in [7, 11) is 0. The monoisotopic (exact) mass is 283 g/mol. The van der Waals surface area contributed by atoms with Gasteiger partial charge < -0.3 is 15.2 Å². The van der Waals surface area contributed by atoms with E-state index in [0.29, 0.717) is 0 Å². The van der Waals surface area contributed by atoms with Crippen molar-refractivity contribution in [3.8, 4) is 11.5 Å². The molecule has 1 rings (SSSR count). The Balaban J connectivity index is 2.15. The van der Waals surface area contributed by atoms with Crippen molar-refractivity contribution in [1.29, 1.82) is 0 Å². The smallest absolute Gasteiger partial charge is 0.119 e. The van der Waals surface area contributed by atoms with E-state index in [-0.39, 0.29) is 6.04 Å². The molecule has 0 radical (unpaired) electrons. The minimum Gasteiger partial charge on any atom is -0.494 e. The van der Waals surface area contributed by atoms with E-state index in [1.54, 1.807) is 0 Å². The Morgan fingerprint density at radius 2 is 1.63 bits per heavy atom. The predicted molar refractivity (Wildman–Crippen MR) is 83.4 cm³/mol.